The normalized spacial score (nSPS) is 11.5. The van der Waals surface area contributed by atoms with Gasteiger partial charge in [-0.15, -0.1) is 0 Å². The van der Waals surface area contributed by atoms with Crippen LogP contribution in [-0.2, 0) is 31.3 Å². The van der Waals surface area contributed by atoms with Gasteiger partial charge in [-0.3, -0.25) is 0 Å². The Bertz CT molecular complexity index is 789. The molecule has 132 valence electrons. The molecule has 7 nitrogen and oxygen atoms in total. The Balaban J connectivity index is 0.000000277. The van der Waals surface area contributed by atoms with Crippen molar-refractivity contribution in [3.63, 3.8) is 0 Å². The SMILES string of the molecule is Cc1ccccc1[I+]c1ccccc1C.O=P(O)(O)[O][W](=[O])(=[O])[OH]. The summed E-state index contributed by atoms with van der Waals surface area (Å²) in [5.74, 6) is 0. The van der Waals surface area contributed by atoms with Gasteiger partial charge in [0.05, 0.1) is 0 Å². The molecular formula is C14H17IO7PW+. The third-order valence-electron chi connectivity index (χ3n) is 2.55. The predicted molar refractivity (Wildman–Crippen MR) is 76.5 cm³/mol. The summed E-state index contributed by atoms with van der Waals surface area (Å²) in [6.07, 6.45) is 0. The summed E-state index contributed by atoms with van der Waals surface area (Å²) in [4.78, 5) is 15.5. The molecule has 0 saturated carbocycles. The predicted octanol–water partition coefficient (Wildman–Crippen LogP) is -0.805. The molecule has 0 aliphatic heterocycles. The van der Waals surface area contributed by atoms with Gasteiger partial charge < -0.3 is 0 Å². The molecule has 0 amide bonds. The van der Waals surface area contributed by atoms with E-state index < -0.39 is 24.6 Å². The molecule has 0 heterocycles. The van der Waals surface area contributed by atoms with E-state index in [-0.39, 0.29) is 21.2 Å². The minimum absolute atomic E-state index is 0.0147. The number of benzene rings is 2. The molecule has 2 rings (SSSR count). The quantitative estimate of drug-likeness (QED) is 0.296. The fraction of sp³-hybridized carbons (Fsp3) is 0.143. The van der Waals surface area contributed by atoms with E-state index in [9.17, 15) is 11.4 Å². The summed E-state index contributed by atoms with van der Waals surface area (Å²) in [6.45, 7) is 4.40. The molecule has 0 aliphatic rings. The molecule has 0 aliphatic carbocycles. The summed E-state index contributed by atoms with van der Waals surface area (Å²) in [5.41, 5.74) is 2.85. The van der Waals surface area contributed by atoms with Gasteiger partial charge in [0, 0.05) is 11.1 Å². The molecule has 0 fully saturated rings. The van der Waals surface area contributed by atoms with Gasteiger partial charge in [-0.1, -0.05) is 36.4 Å². The van der Waals surface area contributed by atoms with Crippen LogP contribution in [-0.4, -0.2) is 13.5 Å². The van der Waals surface area contributed by atoms with Crippen LogP contribution in [0.15, 0.2) is 48.5 Å². The summed E-state index contributed by atoms with van der Waals surface area (Å²) >= 11 is -6.21. The average molecular weight is 639 g/mol. The summed E-state index contributed by atoms with van der Waals surface area (Å²) in [5, 5.41) is 0. The fourth-order valence-corrected chi connectivity index (χ4v) is 7.05. The molecule has 0 atom stereocenters. The number of aryl methyl sites for hydroxylation is 2. The zero-order valence-electron chi connectivity index (χ0n) is 12.8. The van der Waals surface area contributed by atoms with E-state index in [1.54, 1.807) is 0 Å². The van der Waals surface area contributed by atoms with Crippen LogP contribution < -0.4 is 21.2 Å². The van der Waals surface area contributed by atoms with Crippen molar-refractivity contribution >= 4 is 7.82 Å². The Morgan fingerprint density at radius 1 is 0.917 bits per heavy atom. The van der Waals surface area contributed by atoms with Crippen molar-refractivity contribution < 1.29 is 66.0 Å². The van der Waals surface area contributed by atoms with E-state index in [2.05, 4.69) is 65.6 Å². The van der Waals surface area contributed by atoms with Crippen LogP contribution in [0.5, 0.6) is 0 Å². The standard InChI is InChI=1S/C14H14I.H3O4P.H2O.2O.W/c1-11-7-3-5-9-13(11)15-14-10-6-4-8-12(14)2;1-5(2,3)4;;;;/h3-10H,1-2H3;(H3,1,2,3,4);1H2;;;/q+1;;;;;+2/p-2. The van der Waals surface area contributed by atoms with Crippen LogP contribution in [0.2, 0.25) is 0 Å². The van der Waals surface area contributed by atoms with Gasteiger partial charge >= 0.3 is 73.9 Å². The monoisotopic (exact) mass is 639 g/mol. The first kappa shape index (κ1) is 21.6. The Kier molecular flexibility index (Phi) is 8.35. The molecule has 0 saturated heterocycles. The third-order valence-corrected chi connectivity index (χ3v) is 10.6. The van der Waals surface area contributed by atoms with E-state index in [4.69, 9.17) is 13.5 Å². The van der Waals surface area contributed by atoms with Crippen molar-refractivity contribution in [1.82, 2.24) is 0 Å². The minimum atomic E-state index is -6.19. The number of phosphoric acid groups is 1. The van der Waals surface area contributed by atoms with E-state index in [0.29, 0.717) is 0 Å². The second kappa shape index (κ2) is 9.29. The van der Waals surface area contributed by atoms with Crippen LogP contribution >= 0.6 is 7.82 Å². The molecule has 24 heavy (non-hydrogen) atoms. The zero-order chi connectivity index (χ0) is 18.4. The van der Waals surface area contributed by atoms with Gasteiger partial charge in [0.15, 0.2) is 7.14 Å². The van der Waals surface area contributed by atoms with Crippen LogP contribution in [0.1, 0.15) is 11.1 Å². The van der Waals surface area contributed by atoms with E-state index in [1.165, 1.54) is 18.3 Å². The number of hydrogen-bond donors (Lipinski definition) is 3. The van der Waals surface area contributed by atoms with Crippen molar-refractivity contribution in [2.45, 2.75) is 13.8 Å². The Morgan fingerprint density at radius 2 is 1.29 bits per heavy atom. The number of hydrogen-bond acceptors (Lipinski definition) is 4. The van der Waals surface area contributed by atoms with E-state index >= 15 is 0 Å². The van der Waals surface area contributed by atoms with Gasteiger partial charge in [0.2, 0.25) is 0 Å². The van der Waals surface area contributed by atoms with Crippen molar-refractivity contribution in [2.24, 2.45) is 0 Å². The first-order chi connectivity index (χ1) is 11.0. The molecular weight excluding hydrogens is 622 g/mol. The number of rotatable bonds is 4. The molecule has 10 heteroatoms. The summed E-state index contributed by atoms with van der Waals surface area (Å²) in [7, 11) is -5.07. The summed E-state index contributed by atoms with van der Waals surface area (Å²) < 4.78 is 42.6. The number of halogens is 1. The van der Waals surface area contributed by atoms with Gasteiger partial charge in [-0.2, -0.15) is 0 Å². The summed E-state index contributed by atoms with van der Waals surface area (Å²) in [6, 6.07) is 17.4. The molecule has 0 radical (unpaired) electrons. The molecule has 2 aromatic rings. The van der Waals surface area contributed by atoms with Gasteiger partial charge in [-0.25, -0.2) is 0 Å². The first-order valence-corrected chi connectivity index (χ1v) is 15.1. The maximum atomic E-state index is 9.61. The van der Waals surface area contributed by atoms with Crippen molar-refractivity contribution in [2.75, 3.05) is 0 Å². The molecule has 0 aromatic heterocycles. The van der Waals surface area contributed by atoms with Crippen LogP contribution in [0.3, 0.4) is 0 Å². The van der Waals surface area contributed by atoms with Crippen molar-refractivity contribution in [1.29, 1.82) is 0 Å². The molecule has 0 spiro atoms. The third kappa shape index (κ3) is 9.13. The molecule has 0 bridgehead atoms. The maximum absolute atomic E-state index is 9.61. The van der Waals surface area contributed by atoms with Gasteiger partial charge in [0.25, 0.3) is 0 Å². The van der Waals surface area contributed by atoms with Crippen LogP contribution in [0, 0.1) is 21.0 Å². The Labute approximate surface area is 153 Å². The average Bonchev–Trinajstić information content (AvgIpc) is 2.40. The Hall–Kier alpha value is -0.472. The van der Waals surface area contributed by atoms with Gasteiger partial charge in [0.1, 0.15) is 0 Å². The second-order valence-corrected chi connectivity index (χ2v) is 13.3. The molecule has 0 unspecified atom stereocenters. The van der Waals surface area contributed by atoms with Crippen LogP contribution in [0.4, 0.5) is 0 Å². The van der Waals surface area contributed by atoms with E-state index in [0.717, 1.165) is 0 Å². The second-order valence-electron chi connectivity index (χ2n) is 4.59. The Morgan fingerprint density at radius 3 is 1.54 bits per heavy atom. The molecule has 2 aromatic carbocycles. The topological polar surface area (TPSA) is 121 Å². The fourth-order valence-electron chi connectivity index (χ4n) is 1.55. The zero-order valence-corrected chi connectivity index (χ0v) is 18.8. The van der Waals surface area contributed by atoms with Crippen molar-refractivity contribution in [3.8, 4) is 0 Å². The molecule has 3 N–H and O–H groups in total. The van der Waals surface area contributed by atoms with E-state index in [1.807, 2.05) is 0 Å². The first-order valence-electron chi connectivity index (χ1n) is 6.48. The van der Waals surface area contributed by atoms with Gasteiger partial charge in [-0.05, 0) is 26.0 Å². The van der Waals surface area contributed by atoms with Crippen molar-refractivity contribution in [3.05, 3.63) is 66.8 Å². The van der Waals surface area contributed by atoms with Crippen LogP contribution in [0.25, 0.3) is 0 Å².